The average Bonchev–Trinajstić information content (AvgIpc) is 3.03. The van der Waals surface area contributed by atoms with E-state index in [-0.39, 0.29) is 0 Å². The Bertz CT molecular complexity index is 740. The van der Waals surface area contributed by atoms with Crippen molar-refractivity contribution < 1.29 is 0 Å². The van der Waals surface area contributed by atoms with E-state index in [1.807, 2.05) is 24.3 Å². The predicted molar refractivity (Wildman–Crippen MR) is 96.2 cm³/mol. The van der Waals surface area contributed by atoms with Gasteiger partial charge >= 0.3 is 0 Å². The highest BCUT2D eigenvalue weighted by Crippen LogP contribution is 2.32. The van der Waals surface area contributed by atoms with Crippen molar-refractivity contribution in [2.45, 2.75) is 6.54 Å². The fourth-order valence-electron chi connectivity index (χ4n) is 2.15. The molecule has 106 valence electrons. The van der Waals surface area contributed by atoms with E-state index in [9.17, 15) is 0 Å². The Morgan fingerprint density at radius 2 is 1.90 bits per heavy atom. The highest BCUT2D eigenvalue weighted by atomic mass is 79.9. The lowest BCUT2D eigenvalue weighted by Crippen LogP contribution is -2.01. The van der Waals surface area contributed by atoms with Crippen LogP contribution < -0.4 is 5.32 Å². The zero-order valence-corrected chi connectivity index (χ0v) is 14.3. The van der Waals surface area contributed by atoms with Crippen molar-refractivity contribution in [1.29, 1.82) is 0 Å². The zero-order valence-electron chi connectivity index (χ0n) is 11.1. The highest BCUT2D eigenvalue weighted by molar-refractivity contribution is 9.10. The molecule has 0 aliphatic heterocycles. The molecule has 1 nitrogen and oxygen atoms in total. The van der Waals surface area contributed by atoms with Crippen LogP contribution in [0.2, 0.25) is 5.02 Å². The van der Waals surface area contributed by atoms with E-state index in [0.717, 1.165) is 27.3 Å². The third-order valence-corrected chi connectivity index (χ3v) is 5.10. The third kappa shape index (κ3) is 3.49. The van der Waals surface area contributed by atoms with Gasteiger partial charge in [0.1, 0.15) is 0 Å². The molecule has 1 heterocycles. The van der Waals surface area contributed by atoms with Gasteiger partial charge in [0.25, 0.3) is 0 Å². The molecule has 4 heteroatoms. The minimum Gasteiger partial charge on any atom is -0.380 e. The quantitative estimate of drug-likeness (QED) is 0.550. The summed E-state index contributed by atoms with van der Waals surface area (Å²) in [5.74, 6) is 0. The molecule has 3 aromatic rings. The van der Waals surface area contributed by atoms with E-state index in [2.05, 4.69) is 57.0 Å². The Kier molecular flexibility index (Phi) is 4.63. The first-order chi connectivity index (χ1) is 10.2. The molecular weight excluding hydrogens is 366 g/mol. The fourth-order valence-corrected chi connectivity index (χ4v) is 3.50. The monoisotopic (exact) mass is 377 g/mol. The summed E-state index contributed by atoms with van der Waals surface area (Å²) in [5.41, 5.74) is 3.50. The van der Waals surface area contributed by atoms with E-state index in [0.29, 0.717) is 0 Å². The molecule has 0 aliphatic rings. The van der Waals surface area contributed by atoms with Gasteiger partial charge in [-0.2, -0.15) is 0 Å². The molecule has 0 atom stereocenters. The summed E-state index contributed by atoms with van der Waals surface area (Å²) in [5, 5.41) is 6.35. The molecule has 3 rings (SSSR count). The molecule has 0 radical (unpaired) electrons. The van der Waals surface area contributed by atoms with Gasteiger partial charge in [-0.25, -0.2) is 0 Å². The van der Waals surface area contributed by atoms with Crippen molar-refractivity contribution in [3.05, 3.63) is 75.0 Å². The number of nitrogens with one attached hydrogen (secondary N) is 1. The second-order valence-corrected chi connectivity index (χ2v) is 6.85. The lowest BCUT2D eigenvalue weighted by molar-refractivity contribution is 1.14. The lowest BCUT2D eigenvalue weighted by Gasteiger charge is -2.12. The van der Waals surface area contributed by atoms with Crippen molar-refractivity contribution >= 4 is 44.6 Å². The van der Waals surface area contributed by atoms with Crippen LogP contribution in [0.15, 0.2) is 64.5 Å². The maximum absolute atomic E-state index is 6.06. The molecule has 1 aromatic heterocycles. The Morgan fingerprint density at radius 1 is 1.05 bits per heavy atom. The fraction of sp³-hybridized carbons (Fsp3) is 0.0588. The minimum absolute atomic E-state index is 0.726. The third-order valence-electron chi connectivity index (χ3n) is 3.19. The van der Waals surface area contributed by atoms with Crippen molar-refractivity contribution in [3.8, 4) is 10.4 Å². The zero-order chi connectivity index (χ0) is 14.7. The molecule has 0 saturated carbocycles. The summed E-state index contributed by atoms with van der Waals surface area (Å²) in [6.07, 6.45) is 0. The first kappa shape index (κ1) is 14.6. The number of halogens is 2. The number of rotatable bonds is 4. The van der Waals surface area contributed by atoms with Crippen LogP contribution in [0, 0.1) is 0 Å². The molecule has 2 aromatic carbocycles. The molecule has 0 fully saturated rings. The van der Waals surface area contributed by atoms with Gasteiger partial charge in [0.05, 0.1) is 0 Å². The van der Waals surface area contributed by atoms with Crippen LogP contribution in [-0.2, 0) is 6.54 Å². The molecule has 0 amide bonds. The number of anilines is 1. The van der Waals surface area contributed by atoms with Gasteiger partial charge in [-0.3, -0.25) is 0 Å². The van der Waals surface area contributed by atoms with Gasteiger partial charge in [0, 0.05) is 32.2 Å². The van der Waals surface area contributed by atoms with Gasteiger partial charge in [0.15, 0.2) is 0 Å². The Labute approximate surface area is 141 Å². The van der Waals surface area contributed by atoms with E-state index in [4.69, 9.17) is 11.6 Å². The van der Waals surface area contributed by atoms with Crippen molar-refractivity contribution in [2.75, 3.05) is 5.32 Å². The van der Waals surface area contributed by atoms with Gasteiger partial charge in [-0.15, -0.1) is 11.3 Å². The Hall–Kier alpha value is -1.29. The van der Waals surface area contributed by atoms with Crippen molar-refractivity contribution in [2.24, 2.45) is 0 Å². The molecule has 0 saturated heterocycles. The van der Waals surface area contributed by atoms with Gasteiger partial charge in [-0.1, -0.05) is 51.8 Å². The van der Waals surface area contributed by atoms with Crippen LogP contribution >= 0.6 is 38.9 Å². The standard InChI is InChI=1S/C17H13BrClNS/c18-15-8-7-13(19)10-12(15)11-20-16-5-2-1-4-14(16)17-6-3-9-21-17/h1-10,20H,11H2. The summed E-state index contributed by atoms with van der Waals surface area (Å²) >= 11 is 11.4. The molecule has 0 spiro atoms. The predicted octanol–water partition coefficient (Wildman–Crippen LogP) is 6.44. The van der Waals surface area contributed by atoms with Crippen LogP contribution in [0.25, 0.3) is 10.4 Å². The summed E-state index contributed by atoms with van der Waals surface area (Å²) in [7, 11) is 0. The maximum atomic E-state index is 6.06. The number of hydrogen-bond donors (Lipinski definition) is 1. The summed E-state index contributed by atoms with van der Waals surface area (Å²) < 4.78 is 1.06. The van der Waals surface area contributed by atoms with E-state index in [1.54, 1.807) is 11.3 Å². The van der Waals surface area contributed by atoms with Gasteiger partial charge < -0.3 is 5.32 Å². The van der Waals surface area contributed by atoms with Crippen LogP contribution in [0.1, 0.15) is 5.56 Å². The molecule has 0 aliphatic carbocycles. The molecular formula is C17H13BrClNS. The summed E-state index contributed by atoms with van der Waals surface area (Å²) in [6.45, 7) is 0.726. The summed E-state index contributed by atoms with van der Waals surface area (Å²) in [6, 6.07) is 18.4. The normalized spacial score (nSPS) is 10.6. The number of hydrogen-bond acceptors (Lipinski definition) is 2. The lowest BCUT2D eigenvalue weighted by atomic mass is 10.1. The topological polar surface area (TPSA) is 12.0 Å². The van der Waals surface area contributed by atoms with Gasteiger partial charge in [-0.05, 0) is 41.3 Å². The minimum atomic E-state index is 0.726. The second kappa shape index (κ2) is 6.65. The van der Waals surface area contributed by atoms with Crippen LogP contribution in [0.3, 0.4) is 0 Å². The largest absolute Gasteiger partial charge is 0.380 e. The van der Waals surface area contributed by atoms with Gasteiger partial charge in [0.2, 0.25) is 0 Å². The molecule has 0 unspecified atom stereocenters. The van der Waals surface area contributed by atoms with E-state index in [1.165, 1.54) is 10.4 Å². The Morgan fingerprint density at radius 3 is 2.71 bits per heavy atom. The first-order valence-corrected chi connectivity index (χ1v) is 8.60. The molecule has 0 bridgehead atoms. The number of benzene rings is 2. The van der Waals surface area contributed by atoms with E-state index >= 15 is 0 Å². The second-order valence-electron chi connectivity index (χ2n) is 4.61. The number of para-hydroxylation sites is 1. The average molecular weight is 379 g/mol. The smallest absolute Gasteiger partial charge is 0.0430 e. The number of thiophene rings is 1. The molecule has 1 N–H and O–H groups in total. The van der Waals surface area contributed by atoms with Crippen molar-refractivity contribution in [1.82, 2.24) is 0 Å². The van der Waals surface area contributed by atoms with Crippen molar-refractivity contribution in [3.63, 3.8) is 0 Å². The van der Waals surface area contributed by atoms with E-state index < -0.39 is 0 Å². The maximum Gasteiger partial charge on any atom is 0.0430 e. The van der Waals surface area contributed by atoms with Crippen LogP contribution in [0.5, 0.6) is 0 Å². The van der Waals surface area contributed by atoms with Crippen LogP contribution in [-0.4, -0.2) is 0 Å². The first-order valence-electron chi connectivity index (χ1n) is 6.55. The summed E-state index contributed by atoms with van der Waals surface area (Å²) in [4.78, 5) is 1.27. The highest BCUT2D eigenvalue weighted by Gasteiger charge is 2.06. The molecule has 21 heavy (non-hydrogen) atoms. The van der Waals surface area contributed by atoms with Crippen LogP contribution in [0.4, 0.5) is 5.69 Å². The SMILES string of the molecule is Clc1ccc(Br)c(CNc2ccccc2-c2cccs2)c1. The Balaban J connectivity index is 1.84.